The fourth-order valence-electron chi connectivity index (χ4n) is 4.88. The lowest BCUT2D eigenvalue weighted by Gasteiger charge is -2.34. The number of ether oxygens (including phenoxy) is 1. The van der Waals surface area contributed by atoms with Crippen LogP contribution >= 0.6 is 23.2 Å². The van der Waals surface area contributed by atoms with Crippen molar-refractivity contribution in [2.45, 2.75) is 37.8 Å². The molecule has 0 aliphatic rings. The van der Waals surface area contributed by atoms with Gasteiger partial charge in [-0.3, -0.25) is 13.9 Å². The standard InChI is InChI=1S/C35H37Cl2N3O5S/c1-25(2)22-38-35(42)32(20-26-12-6-4-7-13-26)39(23-27-14-10-11-17-30(27)37)34(41)24-40(31-21-28(36)18-19-33(31)45-3)46(43,44)29-15-8-5-9-16-29/h4-19,21,25,32H,20,22-24H2,1-3H3,(H,38,42)/t32-/m1/s1. The van der Waals surface area contributed by atoms with Crippen molar-refractivity contribution >= 4 is 50.7 Å². The maximum absolute atomic E-state index is 14.6. The lowest BCUT2D eigenvalue weighted by Crippen LogP contribution is -2.53. The van der Waals surface area contributed by atoms with Gasteiger partial charge in [0.1, 0.15) is 18.3 Å². The normalized spacial score (nSPS) is 12.0. The fourth-order valence-corrected chi connectivity index (χ4v) is 6.68. The third kappa shape index (κ3) is 8.81. The summed E-state index contributed by atoms with van der Waals surface area (Å²) in [5.74, 6) is -0.626. The maximum atomic E-state index is 14.6. The van der Waals surface area contributed by atoms with E-state index in [4.69, 9.17) is 27.9 Å². The lowest BCUT2D eigenvalue weighted by atomic mass is 10.0. The van der Waals surface area contributed by atoms with Gasteiger partial charge in [-0.2, -0.15) is 0 Å². The van der Waals surface area contributed by atoms with Crippen molar-refractivity contribution in [1.82, 2.24) is 10.2 Å². The number of halogens is 2. The van der Waals surface area contributed by atoms with Gasteiger partial charge >= 0.3 is 0 Å². The van der Waals surface area contributed by atoms with Gasteiger partial charge in [-0.15, -0.1) is 0 Å². The first-order chi connectivity index (χ1) is 22.0. The van der Waals surface area contributed by atoms with Gasteiger partial charge in [0.25, 0.3) is 10.0 Å². The number of carbonyl (C=O) groups is 2. The van der Waals surface area contributed by atoms with E-state index in [-0.39, 0.29) is 46.1 Å². The Morgan fingerprint density at radius 2 is 1.50 bits per heavy atom. The molecule has 0 bridgehead atoms. The Kier molecular flexibility index (Phi) is 12.1. The summed E-state index contributed by atoms with van der Waals surface area (Å²) in [4.78, 5) is 29.9. The molecule has 4 aromatic rings. The second-order valence-electron chi connectivity index (χ2n) is 11.1. The molecule has 0 aliphatic carbocycles. The molecule has 0 aliphatic heterocycles. The summed E-state index contributed by atoms with van der Waals surface area (Å²) in [7, 11) is -2.92. The summed E-state index contributed by atoms with van der Waals surface area (Å²) >= 11 is 12.9. The number of nitrogens with one attached hydrogen (secondary N) is 1. The number of anilines is 1. The van der Waals surface area contributed by atoms with Crippen LogP contribution in [0.3, 0.4) is 0 Å². The van der Waals surface area contributed by atoms with Crippen LogP contribution in [0.15, 0.2) is 108 Å². The third-order valence-electron chi connectivity index (χ3n) is 7.27. The number of sulfonamides is 1. The van der Waals surface area contributed by atoms with Crippen molar-refractivity contribution in [3.8, 4) is 5.75 Å². The van der Waals surface area contributed by atoms with Crippen LogP contribution in [0.25, 0.3) is 0 Å². The van der Waals surface area contributed by atoms with Gasteiger partial charge in [0, 0.05) is 29.6 Å². The second kappa shape index (κ2) is 16.0. The number of hydrogen-bond acceptors (Lipinski definition) is 5. The molecule has 0 aromatic heterocycles. The Labute approximate surface area is 280 Å². The quantitative estimate of drug-likeness (QED) is 0.162. The van der Waals surface area contributed by atoms with E-state index in [1.165, 1.54) is 36.3 Å². The van der Waals surface area contributed by atoms with Gasteiger partial charge in [-0.25, -0.2) is 8.42 Å². The van der Waals surface area contributed by atoms with Gasteiger partial charge in [0.15, 0.2) is 0 Å². The first-order valence-corrected chi connectivity index (χ1v) is 17.0. The molecule has 0 heterocycles. The molecule has 2 amide bonds. The molecule has 1 N–H and O–H groups in total. The molecule has 46 heavy (non-hydrogen) atoms. The number of amides is 2. The van der Waals surface area contributed by atoms with E-state index < -0.39 is 28.5 Å². The number of rotatable bonds is 14. The molecular weight excluding hydrogens is 645 g/mol. The third-order valence-corrected chi connectivity index (χ3v) is 9.65. The van der Waals surface area contributed by atoms with E-state index >= 15 is 0 Å². The van der Waals surface area contributed by atoms with Gasteiger partial charge in [-0.1, -0.05) is 104 Å². The Morgan fingerprint density at radius 3 is 2.13 bits per heavy atom. The first kappa shape index (κ1) is 34.8. The van der Waals surface area contributed by atoms with Crippen molar-refractivity contribution in [2.75, 3.05) is 24.5 Å². The fraction of sp³-hybridized carbons (Fsp3) is 0.257. The molecular formula is C35H37Cl2N3O5S. The summed E-state index contributed by atoms with van der Waals surface area (Å²) in [6, 6.07) is 27.7. The molecule has 0 saturated carbocycles. The zero-order valence-corrected chi connectivity index (χ0v) is 28.2. The molecule has 1 atom stereocenters. The molecule has 0 spiro atoms. The largest absolute Gasteiger partial charge is 0.495 e. The van der Waals surface area contributed by atoms with E-state index in [0.29, 0.717) is 17.1 Å². The predicted octanol–water partition coefficient (Wildman–Crippen LogP) is 6.61. The Bertz CT molecular complexity index is 1740. The van der Waals surface area contributed by atoms with Crippen LogP contribution < -0.4 is 14.4 Å². The molecule has 0 saturated heterocycles. The molecule has 0 fully saturated rings. The molecule has 242 valence electrons. The number of nitrogens with zero attached hydrogens (tertiary/aromatic N) is 2. The molecule has 0 unspecified atom stereocenters. The van der Waals surface area contributed by atoms with Gasteiger partial charge in [0.05, 0.1) is 17.7 Å². The van der Waals surface area contributed by atoms with E-state index in [1.807, 2.05) is 44.2 Å². The van der Waals surface area contributed by atoms with Crippen LogP contribution in [0.5, 0.6) is 5.75 Å². The number of hydrogen-bond donors (Lipinski definition) is 1. The lowest BCUT2D eigenvalue weighted by molar-refractivity contribution is -0.140. The van der Waals surface area contributed by atoms with E-state index in [1.54, 1.807) is 48.5 Å². The minimum atomic E-state index is -4.32. The number of benzene rings is 4. The average molecular weight is 683 g/mol. The molecule has 4 rings (SSSR count). The monoisotopic (exact) mass is 681 g/mol. The minimum Gasteiger partial charge on any atom is -0.495 e. The highest BCUT2D eigenvalue weighted by molar-refractivity contribution is 7.92. The van der Waals surface area contributed by atoms with Crippen molar-refractivity contribution in [3.63, 3.8) is 0 Å². The van der Waals surface area contributed by atoms with E-state index in [9.17, 15) is 18.0 Å². The van der Waals surface area contributed by atoms with Gasteiger partial charge in [-0.05, 0) is 53.4 Å². The molecule has 11 heteroatoms. The molecule has 8 nitrogen and oxygen atoms in total. The average Bonchev–Trinajstić information content (AvgIpc) is 3.05. The predicted molar refractivity (Wildman–Crippen MR) is 183 cm³/mol. The van der Waals surface area contributed by atoms with Crippen LogP contribution in [0.1, 0.15) is 25.0 Å². The smallest absolute Gasteiger partial charge is 0.264 e. The van der Waals surface area contributed by atoms with Crippen LogP contribution in [-0.2, 0) is 32.6 Å². The number of carbonyl (C=O) groups excluding carboxylic acids is 2. The van der Waals surface area contributed by atoms with Crippen molar-refractivity contribution in [2.24, 2.45) is 5.92 Å². The highest BCUT2D eigenvalue weighted by Crippen LogP contribution is 2.35. The highest BCUT2D eigenvalue weighted by atomic mass is 35.5. The minimum absolute atomic E-state index is 0.0296. The Hall–Kier alpha value is -4.05. The van der Waals surface area contributed by atoms with Crippen LogP contribution in [0, 0.1) is 5.92 Å². The summed E-state index contributed by atoms with van der Waals surface area (Å²) in [6.07, 6.45) is 0.187. The van der Waals surface area contributed by atoms with Crippen LogP contribution in [0.2, 0.25) is 10.0 Å². The Morgan fingerprint density at radius 1 is 0.870 bits per heavy atom. The summed E-state index contributed by atoms with van der Waals surface area (Å²) in [6.45, 7) is 3.65. The van der Waals surface area contributed by atoms with Crippen molar-refractivity contribution in [3.05, 3.63) is 124 Å². The Balaban J connectivity index is 1.85. The zero-order chi connectivity index (χ0) is 33.3. The van der Waals surface area contributed by atoms with Crippen LogP contribution in [-0.4, -0.2) is 51.4 Å². The summed E-state index contributed by atoms with van der Waals surface area (Å²) in [5, 5.41) is 3.63. The molecule has 4 aromatic carbocycles. The summed E-state index contributed by atoms with van der Waals surface area (Å²) in [5.41, 5.74) is 1.51. The maximum Gasteiger partial charge on any atom is 0.264 e. The zero-order valence-electron chi connectivity index (χ0n) is 25.9. The summed E-state index contributed by atoms with van der Waals surface area (Å²) < 4.78 is 34.9. The van der Waals surface area contributed by atoms with Crippen molar-refractivity contribution in [1.29, 1.82) is 0 Å². The highest BCUT2D eigenvalue weighted by Gasteiger charge is 2.36. The van der Waals surface area contributed by atoms with E-state index in [0.717, 1.165) is 9.87 Å². The van der Waals surface area contributed by atoms with Crippen molar-refractivity contribution < 1.29 is 22.7 Å². The first-order valence-electron chi connectivity index (χ1n) is 14.8. The SMILES string of the molecule is COc1ccc(Cl)cc1N(CC(=O)N(Cc1ccccc1Cl)[C@H](Cc1ccccc1)C(=O)NCC(C)C)S(=O)(=O)c1ccccc1. The van der Waals surface area contributed by atoms with Gasteiger partial charge < -0.3 is 15.0 Å². The van der Waals surface area contributed by atoms with E-state index in [2.05, 4.69) is 5.32 Å². The molecule has 0 radical (unpaired) electrons. The van der Waals surface area contributed by atoms with Crippen LogP contribution in [0.4, 0.5) is 5.69 Å². The number of methoxy groups -OCH3 is 1. The van der Waals surface area contributed by atoms with Gasteiger partial charge in [0.2, 0.25) is 11.8 Å². The second-order valence-corrected chi connectivity index (χ2v) is 13.8. The topological polar surface area (TPSA) is 96.0 Å².